The van der Waals surface area contributed by atoms with Crippen molar-refractivity contribution in [1.82, 2.24) is 4.98 Å². The molecule has 0 saturated carbocycles. The lowest BCUT2D eigenvalue weighted by atomic mass is 9.77. The highest BCUT2D eigenvalue weighted by Gasteiger charge is 2.52. The number of nitrogens with zero attached hydrogens (tertiary/aromatic N) is 1. The molecule has 0 spiro atoms. The molecule has 4 nitrogen and oxygen atoms in total. The summed E-state index contributed by atoms with van der Waals surface area (Å²) in [4.78, 5) is 3.81. The Labute approximate surface area is 134 Å². The van der Waals surface area contributed by atoms with E-state index in [1.807, 2.05) is 27.7 Å². The summed E-state index contributed by atoms with van der Waals surface area (Å²) in [6, 6.07) is 2.28. The van der Waals surface area contributed by atoms with E-state index in [2.05, 4.69) is 4.98 Å². The highest BCUT2D eigenvalue weighted by Crippen LogP contribution is 2.38. The number of pyridine rings is 1. The van der Waals surface area contributed by atoms with Gasteiger partial charge in [-0.05, 0) is 51.4 Å². The second-order valence-corrected chi connectivity index (χ2v) is 6.48. The predicted molar refractivity (Wildman–Crippen MR) is 82.4 cm³/mol. The summed E-state index contributed by atoms with van der Waals surface area (Å²) in [5.41, 5.74) is 4.91. The average molecular weight is 328 g/mol. The van der Waals surface area contributed by atoms with E-state index >= 15 is 0 Å². The minimum absolute atomic E-state index is 0.152. The van der Waals surface area contributed by atoms with Crippen molar-refractivity contribution in [1.29, 1.82) is 0 Å². The van der Waals surface area contributed by atoms with E-state index in [0.29, 0.717) is 11.2 Å². The molecule has 23 heavy (non-hydrogen) atoms. The van der Waals surface area contributed by atoms with E-state index in [-0.39, 0.29) is 6.54 Å². The van der Waals surface area contributed by atoms with E-state index in [1.54, 1.807) is 6.08 Å². The third-order valence-electron chi connectivity index (χ3n) is 4.24. The first-order valence-electron chi connectivity index (χ1n) is 7.26. The van der Waals surface area contributed by atoms with Crippen LogP contribution in [0.5, 0.6) is 0 Å². The molecule has 1 aliphatic heterocycles. The van der Waals surface area contributed by atoms with E-state index < -0.39 is 30.1 Å². The van der Waals surface area contributed by atoms with E-state index in [9.17, 15) is 13.2 Å². The lowest BCUT2D eigenvalue weighted by molar-refractivity contribution is -0.137. The molecule has 0 atom stereocenters. The summed E-state index contributed by atoms with van der Waals surface area (Å²) >= 11 is 0. The zero-order valence-electron chi connectivity index (χ0n) is 13.6. The summed E-state index contributed by atoms with van der Waals surface area (Å²) in [6.45, 7) is 7.81. The number of nitrogens with two attached hydrogens (primary N) is 1. The van der Waals surface area contributed by atoms with Gasteiger partial charge in [-0.2, -0.15) is 13.2 Å². The fourth-order valence-corrected chi connectivity index (χ4v) is 2.07. The van der Waals surface area contributed by atoms with Crippen molar-refractivity contribution in [3.8, 4) is 0 Å². The van der Waals surface area contributed by atoms with Gasteiger partial charge >= 0.3 is 13.3 Å². The van der Waals surface area contributed by atoms with Gasteiger partial charge in [0, 0.05) is 12.7 Å². The van der Waals surface area contributed by atoms with Crippen molar-refractivity contribution >= 4 is 13.2 Å². The molecule has 8 heteroatoms. The fourth-order valence-electron chi connectivity index (χ4n) is 2.07. The Morgan fingerprint density at radius 3 is 2.17 bits per heavy atom. The molecular weight excluding hydrogens is 308 g/mol. The molecule has 1 aromatic rings. The van der Waals surface area contributed by atoms with E-state index in [0.717, 1.165) is 12.3 Å². The van der Waals surface area contributed by atoms with Gasteiger partial charge in [-0.1, -0.05) is 0 Å². The van der Waals surface area contributed by atoms with Crippen LogP contribution in [0.2, 0.25) is 0 Å². The largest absolute Gasteiger partial charge is 0.491 e. The third-order valence-corrected chi connectivity index (χ3v) is 4.24. The Hall–Kier alpha value is -1.38. The number of hydrogen-bond acceptors (Lipinski definition) is 4. The van der Waals surface area contributed by atoms with Gasteiger partial charge in [0.05, 0.1) is 22.5 Å². The van der Waals surface area contributed by atoms with Crippen LogP contribution in [-0.4, -0.2) is 29.8 Å². The maximum atomic E-state index is 12.5. The molecule has 0 amide bonds. The zero-order valence-corrected chi connectivity index (χ0v) is 13.6. The summed E-state index contributed by atoms with van der Waals surface area (Å²) in [6.07, 6.45) is -2.01. The molecule has 2 heterocycles. The average Bonchev–Trinajstić information content (AvgIpc) is 2.64. The Balaban J connectivity index is 2.23. The Morgan fingerprint density at radius 2 is 1.78 bits per heavy atom. The fraction of sp³-hybridized carbons (Fsp3) is 0.533. The highest BCUT2D eigenvalue weighted by atomic mass is 19.4. The zero-order chi connectivity index (χ0) is 17.5. The Morgan fingerprint density at radius 1 is 1.22 bits per heavy atom. The van der Waals surface area contributed by atoms with Crippen molar-refractivity contribution in [3.05, 3.63) is 35.1 Å². The molecule has 1 fully saturated rings. The number of halogens is 3. The smallest absolute Gasteiger partial charge is 0.400 e. The SMILES string of the molecule is CC1(C)OB(C(=Cc2ccc(C(F)(F)F)cn2)CN)OC1(C)C. The first-order valence-corrected chi connectivity index (χ1v) is 7.26. The van der Waals surface area contributed by atoms with Crippen molar-refractivity contribution < 1.29 is 22.5 Å². The van der Waals surface area contributed by atoms with Crippen LogP contribution in [0.3, 0.4) is 0 Å². The van der Waals surface area contributed by atoms with Crippen LogP contribution < -0.4 is 5.73 Å². The van der Waals surface area contributed by atoms with Crippen molar-refractivity contribution in [2.45, 2.75) is 45.1 Å². The summed E-state index contributed by atoms with van der Waals surface area (Å²) in [5, 5.41) is 0. The molecule has 0 radical (unpaired) electrons. The number of hydrogen-bond donors (Lipinski definition) is 1. The van der Waals surface area contributed by atoms with Gasteiger partial charge in [-0.15, -0.1) is 0 Å². The summed E-state index contributed by atoms with van der Waals surface area (Å²) in [7, 11) is -0.644. The van der Waals surface area contributed by atoms with Gasteiger partial charge in [-0.3, -0.25) is 4.98 Å². The Bertz CT molecular complexity index is 582. The maximum Gasteiger partial charge on any atom is 0.491 e. The second kappa shape index (κ2) is 5.92. The molecule has 1 aromatic heterocycles. The first-order chi connectivity index (χ1) is 10.5. The minimum Gasteiger partial charge on any atom is -0.400 e. The first kappa shape index (κ1) is 18.0. The molecular formula is C15H20BF3N2O2. The van der Waals surface area contributed by atoms with Gasteiger partial charge in [0.25, 0.3) is 0 Å². The molecule has 1 saturated heterocycles. The quantitative estimate of drug-likeness (QED) is 0.867. The minimum atomic E-state index is -4.41. The van der Waals surface area contributed by atoms with Crippen LogP contribution in [0.4, 0.5) is 13.2 Å². The van der Waals surface area contributed by atoms with Gasteiger partial charge < -0.3 is 15.0 Å². The second-order valence-electron chi connectivity index (χ2n) is 6.48. The van der Waals surface area contributed by atoms with E-state index in [4.69, 9.17) is 15.0 Å². The van der Waals surface area contributed by atoms with Crippen LogP contribution in [0.25, 0.3) is 6.08 Å². The van der Waals surface area contributed by atoms with Gasteiger partial charge in [0.1, 0.15) is 0 Å². The van der Waals surface area contributed by atoms with Crippen LogP contribution in [0, 0.1) is 0 Å². The molecule has 126 valence electrons. The van der Waals surface area contributed by atoms with E-state index in [1.165, 1.54) is 6.07 Å². The standard InChI is InChI=1S/C15H20BF3N2O2/c1-13(2)14(3,4)23-16(22-13)11(8-20)7-12-6-5-10(9-21-12)15(17,18)19/h5-7,9H,8,20H2,1-4H3. The number of alkyl halides is 3. The molecule has 0 unspecified atom stereocenters. The number of aromatic nitrogens is 1. The maximum absolute atomic E-state index is 12.5. The van der Waals surface area contributed by atoms with Gasteiger partial charge in [0.15, 0.2) is 0 Å². The molecule has 0 aliphatic carbocycles. The Kier molecular flexibility index (Phi) is 4.63. The van der Waals surface area contributed by atoms with Crippen molar-refractivity contribution in [2.75, 3.05) is 6.54 Å². The van der Waals surface area contributed by atoms with Crippen LogP contribution in [0.15, 0.2) is 23.8 Å². The monoisotopic (exact) mass is 328 g/mol. The molecule has 0 aromatic carbocycles. The molecule has 2 rings (SSSR count). The van der Waals surface area contributed by atoms with Gasteiger partial charge in [0.2, 0.25) is 0 Å². The number of rotatable bonds is 3. The molecule has 1 aliphatic rings. The third kappa shape index (κ3) is 3.76. The molecule has 0 bridgehead atoms. The van der Waals surface area contributed by atoms with Crippen LogP contribution >= 0.6 is 0 Å². The van der Waals surface area contributed by atoms with Crippen LogP contribution in [0.1, 0.15) is 39.0 Å². The summed E-state index contributed by atoms with van der Waals surface area (Å²) in [5.74, 6) is 0. The van der Waals surface area contributed by atoms with Crippen molar-refractivity contribution in [3.63, 3.8) is 0 Å². The van der Waals surface area contributed by atoms with Crippen molar-refractivity contribution in [2.24, 2.45) is 5.73 Å². The topological polar surface area (TPSA) is 57.4 Å². The lowest BCUT2D eigenvalue weighted by Crippen LogP contribution is -2.41. The normalized spacial score (nSPS) is 20.9. The predicted octanol–water partition coefficient (Wildman–Crippen LogP) is 3.07. The van der Waals surface area contributed by atoms with Gasteiger partial charge in [-0.25, -0.2) is 0 Å². The molecule has 2 N–H and O–H groups in total. The van der Waals surface area contributed by atoms with Crippen LogP contribution in [-0.2, 0) is 15.5 Å². The lowest BCUT2D eigenvalue weighted by Gasteiger charge is -2.32. The summed E-state index contributed by atoms with van der Waals surface area (Å²) < 4.78 is 49.4. The highest BCUT2D eigenvalue weighted by molar-refractivity contribution is 6.55.